The van der Waals surface area contributed by atoms with Gasteiger partial charge in [0, 0.05) is 69.4 Å². The Balaban J connectivity index is 0.940. The first-order valence-corrected chi connectivity index (χ1v) is 20.3. The van der Waals surface area contributed by atoms with E-state index in [2.05, 4.69) is 157 Å². The summed E-state index contributed by atoms with van der Waals surface area (Å²) in [5.41, 5.74) is 11.9. The Hall–Kier alpha value is -6.79. The van der Waals surface area contributed by atoms with E-state index in [0.29, 0.717) is 5.82 Å². The zero-order valence-electron chi connectivity index (χ0n) is 30.1. The van der Waals surface area contributed by atoms with Crippen LogP contribution in [-0.4, -0.2) is 15.0 Å². The van der Waals surface area contributed by atoms with Crippen molar-refractivity contribution in [2.75, 3.05) is 0 Å². The average Bonchev–Trinajstić information content (AvgIpc) is 3.84. The number of rotatable bonds is 6. The summed E-state index contributed by atoms with van der Waals surface area (Å²) < 4.78 is 5.27. The molecule has 0 fully saturated rings. The van der Waals surface area contributed by atoms with Gasteiger partial charge in [0.2, 0.25) is 0 Å². The van der Waals surface area contributed by atoms with Gasteiger partial charge >= 0.3 is 0 Å². The smallest absolute Gasteiger partial charge is 0.160 e. The molecule has 0 spiro atoms. The number of thiophene rings is 2. The second-order valence-electron chi connectivity index (χ2n) is 14.1. The number of fused-ring (bicyclic) bond motifs is 6. The molecule has 0 saturated heterocycles. The van der Waals surface area contributed by atoms with E-state index in [-0.39, 0.29) is 0 Å². The molecule has 7 aromatic carbocycles. The van der Waals surface area contributed by atoms with Crippen LogP contribution >= 0.6 is 22.7 Å². The van der Waals surface area contributed by atoms with Gasteiger partial charge in [-0.1, -0.05) is 121 Å². The van der Waals surface area contributed by atoms with Crippen LogP contribution in [-0.2, 0) is 0 Å². The van der Waals surface area contributed by atoms with Crippen LogP contribution in [0.5, 0.6) is 0 Å². The first kappa shape index (κ1) is 32.6. The van der Waals surface area contributed by atoms with E-state index in [1.807, 2.05) is 53.1 Å². The van der Waals surface area contributed by atoms with E-state index in [9.17, 15) is 0 Å². The van der Waals surface area contributed by atoms with Gasteiger partial charge in [0.05, 0.1) is 11.4 Å². The van der Waals surface area contributed by atoms with Gasteiger partial charge in [-0.2, -0.15) is 0 Å². The lowest BCUT2D eigenvalue weighted by Crippen LogP contribution is -1.96. The highest BCUT2D eigenvalue weighted by Gasteiger charge is 2.14. The molecule has 0 aliphatic heterocycles. The summed E-state index contributed by atoms with van der Waals surface area (Å²) in [6, 6.07) is 63.1. The van der Waals surface area contributed by atoms with Gasteiger partial charge in [0.25, 0.3) is 0 Å². The maximum atomic E-state index is 5.08. The van der Waals surface area contributed by atoms with Crippen molar-refractivity contribution in [2.45, 2.75) is 0 Å². The number of nitrogens with zero attached hydrogens (tertiary/aromatic N) is 3. The predicted octanol–water partition coefficient (Wildman–Crippen LogP) is 14.6. The van der Waals surface area contributed by atoms with Crippen molar-refractivity contribution in [2.24, 2.45) is 0 Å². The van der Waals surface area contributed by atoms with E-state index < -0.39 is 0 Å². The number of hydrogen-bond acceptors (Lipinski definition) is 5. The molecule has 3 nitrogen and oxygen atoms in total. The van der Waals surface area contributed by atoms with Crippen LogP contribution in [0.2, 0.25) is 0 Å². The number of aromatic nitrogens is 3. The minimum Gasteiger partial charge on any atom is -0.264 e. The van der Waals surface area contributed by atoms with Crippen LogP contribution in [0.25, 0.3) is 108 Å². The van der Waals surface area contributed by atoms with E-state index in [1.54, 1.807) is 6.20 Å². The number of hydrogen-bond donors (Lipinski definition) is 0. The molecule has 0 radical (unpaired) electrons. The van der Waals surface area contributed by atoms with E-state index in [4.69, 9.17) is 9.97 Å². The minimum absolute atomic E-state index is 0.705. The zero-order chi connectivity index (χ0) is 37.0. The Morgan fingerprint density at radius 3 is 1.32 bits per heavy atom. The standard InChI is InChI=1S/C51H31N3S2/c1-2-7-36(8-3-1)51-53-45(30-46(54-51)35-18-14-33(15-19-35)40-9-6-26-52-31-40)34-16-12-32(13-17-34)37-20-23-49-43(27-37)44-29-39(22-25-50(44)56-49)38-21-24-48-42(28-38)41-10-4-5-11-47(41)55-48/h1-31H. The maximum absolute atomic E-state index is 5.08. The SMILES string of the molecule is c1ccc(-c2nc(-c3ccc(-c4cccnc4)cc3)cc(-c3ccc(-c4ccc5sc6ccc(-c7ccc8sc9ccccc9c8c7)cc6c5c4)cc3)n2)cc1. The van der Waals surface area contributed by atoms with Crippen molar-refractivity contribution >= 4 is 63.0 Å². The van der Waals surface area contributed by atoms with E-state index in [1.165, 1.54) is 62.6 Å². The lowest BCUT2D eigenvalue weighted by molar-refractivity contribution is 1.18. The highest BCUT2D eigenvalue weighted by atomic mass is 32.1. The van der Waals surface area contributed by atoms with Crippen molar-refractivity contribution < 1.29 is 0 Å². The average molecular weight is 750 g/mol. The van der Waals surface area contributed by atoms with Gasteiger partial charge in [-0.05, 0) is 88.0 Å². The molecule has 0 aliphatic rings. The minimum atomic E-state index is 0.705. The molecule has 0 amide bonds. The molecule has 4 aromatic heterocycles. The molecule has 11 aromatic rings. The van der Waals surface area contributed by atoms with Gasteiger partial charge in [0.15, 0.2) is 5.82 Å². The van der Waals surface area contributed by atoms with Crippen molar-refractivity contribution in [3.05, 3.63) is 188 Å². The van der Waals surface area contributed by atoms with Gasteiger partial charge in [-0.15, -0.1) is 22.7 Å². The molecule has 4 heterocycles. The maximum Gasteiger partial charge on any atom is 0.160 e. The fourth-order valence-electron chi connectivity index (χ4n) is 7.70. The molecule has 0 N–H and O–H groups in total. The van der Waals surface area contributed by atoms with Crippen LogP contribution in [0.3, 0.4) is 0 Å². The summed E-state index contributed by atoms with van der Waals surface area (Å²) in [7, 11) is 0. The molecule has 0 bridgehead atoms. The third-order valence-corrected chi connectivity index (χ3v) is 12.9. The zero-order valence-corrected chi connectivity index (χ0v) is 31.7. The van der Waals surface area contributed by atoms with E-state index >= 15 is 0 Å². The topological polar surface area (TPSA) is 38.7 Å². The summed E-state index contributed by atoms with van der Waals surface area (Å²) in [5, 5.41) is 5.24. The molecule has 56 heavy (non-hydrogen) atoms. The monoisotopic (exact) mass is 749 g/mol. The molecule has 11 rings (SSSR count). The molecule has 5 heteroatoms. The fourth-order valence-corrected chi connectivity index (χ4v) is 9.86. The van der Waals surface area contributed by atoms with Crippen LogP contribution in [0, 0.1) is 0 Å². The van der Waals surface area contributed by atoms with Crippen LogP contribution < -0.4 is 0 Å². The van der Waals surface area contributed by atoms with Crippen LogP contribution in [0.4, 0.5) is 0 Å². The second-order valence-corrected chi connectivity index (χ2v) is 16.2. The molecular weight excluding hydrogens is 719 g/mol. The first-order valence-electron chi connectivity index (χ1n) is 18.6. The van der Waals surface area contributed by atoms with Crippen molar-refractivity contribution in [1.29, 1.82) is 0 Å². The molecule has 0 saturated carbocycles. The number of pyridine rings is 1. The normalized spacial score (nSPS) is 11.6. The molecule has 0 aliphatic carbocycles. The van der Waals surface area contributed by atoms with Crippen molar-refractivity contribution in [1.82, 2.24) is 15.0 Å². The summed E-state index contributed by atoms with van der Waals surface area (Å²) in [5.74, 6) is 0.705. The third-order valence-electron chi connectivity index (χ3n) is 10.6. The second kappa shape index (κ2) is 13.5. The number of benzene rings is 7. The van der Waals surface area contributed by atoms with E-state index in [0.717, 1.165) is 39.2 Å². The Bertz CT molecular complexity index is 3220. The fraction of sp³-hybridized carbons (Fsp3) is 0. The van der Waals surface area contributed by atoms with Gasteiger partial charge in [0.1, 0.15) is 0 Å². The predicted molar refractivity (Wildman–Crippen MR) is 238 cm³/mol. The highest BCUT2D eigenvalue weighted by Crippen LogP contribution is 2.41. The summed E-state index contributed by atoms with van der Waals surface area (Å²) in [6.07, 6.45) is 3.69. The molecule has 0 atom stereocenters. The Morgan fingerprint density at radius 1 is 0.304 bits per heavy atom. The van der Waals surface area contributed by atoms with Crippen LogP contribution in [0.15, 0.2) is 188 Å². The third kappa shape index (κ3) is 5.86. The quantitative estimate of drug-likeness (QED) is 0.170. The van der Waals surface area contributed by atoms with Gasteiger partial charge < -0.3 is 0 Å². The lowest BCUT2D eigenvalue weighted by atomic mass is 9.98. The summed E-state index contributed by atoms with van der Waals surface area (Å²) >= 11 is 3.72. The Labute approximate surface area is 331 Å². The first-order chi connectivity index (χ1) is 27.7. The Kier molecular flexibility index (Phi) is 7.87. The largest absolute Gasteiger partial charge is 0.264 e. The molecular formula is C51H31N3S2. The lowest BCUT2D eigenvalue weighted by Gasteiger charge is -2.11. The van der Waals surface area contributed by atoms with Gasteiger partial charge in [-0.25, -0.2) is 9.97 Å². The van der Waals surface area contributed by atoms with Crippen molar-refractivity contribution in [3.63, 3.8) is 0 Å². The van der Waals surface area contributed by atoms with Crippen molar-refractivity contribution in [3.8, 4) is 67.3 Å². The summed E-state index contributed by atoms with van der Waals surface area (Å²) in [6.45, 7) is 0. The molecule has 0 unspecified atom stereocenters. The Morgan fingerprint density at radius 2 is 0.750 bits per heavy atom. The van der Waals surface area contributed by atoms with Gasteiger partial charge in [-0.3, -0.25) is 4.98 Å². The van der Waals surface area contributed by atoms with Crippen LogP contribution in [0.1, 0.15) is 0 Å². The highest BCUT2D eigenvalue weighted by molar-refractivity contribution is 7.26. The summed E-state index contributed by atoms with van der Waals surface area (Å²) in [4.78, 5) is 14.4. The molecule has 262 valence electrons.